The highest BCUT2D eigenvalue weighted by Crippen LogP contribution is 2.31. The molecule has 4 rings (SSSR count). The summed E-state index contributed by atoms with van der Waals surface area (Å²) in [7, 11) is 5.04. The predicted molar refractivity (Wildman–Crippen MR) is 103 cm³/mol. The van der Waals surface area contributed by atoms with Gasteiger partial charge in [0.05, 0.1) is 31.5 Å². The molecule has 0 aliphatic carbocycles. The van der Waals surface area contributed by atoms with Gasteiger partial charge in [-0.1, -0.05) is 5.21 Å². The molecule has 1 aromatic carbocycles. The first-order valence-electron chi connectivity index (χ1n) is 8.60. The molecule has 1 aliphatic heterocycles. The van der Waals surface area contributed by atoms with Crippen molar-refractivity contribution in [3.63, 3.8) is 0 Å². The van der Waals surface area contributed by atoms with Gasteiger partial charge in [-0.15, -0.1) is 16.4 Å². The standard InChI is InChI=1S/C17H14BFN6O3S/c18-16(26)21-7-12-6-20-15(29-12)13-2-1-10(5-14(13)19)25-9-11(28-17(25)27)8-24-4-3-22-23-24/h1-6,11H,7-9H2,(H,21,26)/t11-/m0/s1. The van der Waals surface area contributed by atoms with Crippen molar-refractivity contribution in [2.24, 2.45) is 0 Å². The first kappa shape index (κ1) is 19.1. The second-order valence-corrected chi connectivity index (χ2v) is 7.37. The van der Waals surface area contributed by atoms with Gasteiger partial charge in [0.25, 0.3) is 0 Å². The summed E-state index contributed by atoms with van der Waals surface area (Å²) in [5.74, 6) is -1.16. The second-order valence-electron chi connectivity index (χ2n) is 6.26. The number of carbonyl (C=O) groups excluding carboxylic acids is 2. The van der Waals surface area contributed by atoms with Crippen LogP contribution in [0, 0.1) is 5.82 Å². The fraction of sp³-hybridized carbons (Fsp3) is 0.235. The molecule has 9 nitrogen and oxygen atoms in total. The number of thiazole rings is 1. The molecule has 0 saturated carbocycles. The van der Waals surface area contributed by atoms with Crippen LogP contribution in [-0.4, -0.2) is 52.4 Å². The van der Waals surface area contributed by atoms with Crippen LogP contribution in [0.25, 0.3) is 10.6 Å². The lowest BCUT2D eigenvalue weighted by atomic mass is 10.1. The largest absolute Gasteiger partial charge is 0.442 e. The SMILES string of the molecule is [B]C(=O)NCc1cnc(-c2ccc(N3C[C@H](Cn4ccnn4)OC3=O)cc2F)s1. The van der Waals surface area contributed by atoms with Crippen LogP contribution in [0.1, 0.15) is 4.88 Å². The molecule has 1 N–H and O–H groups in total. The number of nitrogens with one attached hydrogen (secondary N) is 1. The Hall–Kier alpha value is -3.28. The van der Waals surface area contributed by atoms with E-state index in [4.69, 9.17) is 12.6 Å². The van der Waals surface area contributed by atoms with E-state index in [2.05, 4.69) is 20.6 Å². The number of amides is 2. The summed E-state index contributed by atoms with van der Waals surface area (Å²) in [6.45, 7) is 0.862. The van der Waals surface area contributed by atoms with Crippen molar-refractivity contribution in [2.45, 2.75) is 19.2 Å². The molecule has 2 radical (unpaired) electrons. The van der Waals surface area contributed by atoms with E-state index in [9.17, 15) is 14.0 Å². The Balaban J connectivity index is 1.47. The van der Waals surface area contributed by atoms with Gasteiger partial charge in [0.15, 0.2) is 5.81 Å². The van der Waals surface area contributed by atoms with E-state index in [0.717, 1.165) is 4.88 Å². The normalized spacial score (nSPS) is 16.1. The molecule has 1 fully saturated rings. The van der Waals surface area contributed by atoms with E-state index in [-0.39, 0.29) is 13.1 Å². The molecular weight excluding hydrogens is 398 g/mol. The third-order valence-electron chi connectivity index (χ3n) is 4.22. The van der Waals surface area contributed by atoms with Gasteiger partial charge in [-0.25, -0.2) is 18.9 Å². The van der Waals surface area contributed by atoms with Crippen molar-refractivity contribution < 1.29 is 18.7 Å². The average Bonchev–Trinajstić information content (AvgIpc) is 3.42. The molecule has 1 saturated heterocycles. The molecule has 12 heteroatoms. The number of aromatic nitrogens is 4. The Morgan fingerprint density at radius 1 is 1.45 bits per heavy atom. The first-order chi connectivity index (χ1) is 14.0. The van der Waals surface area contributed by atoms with E-state index in [0.29, 0.717) is 22.8 Å². The maximum absolute atomic E-state index is 14.7. The monoisotopic (exact) mass is 412 g/mol. The third kappa shape index (κ3) is 4.26. The van der Waals surface area contributed by atoms with E-state index in [1.807, 2.05) is 0 Å². The van der Waals surface area contributed by atoms with Crippen LogP contribution in [0.2, 0.25) is 0 Å². The average molecular weight is 412 g/mol. The summed E-state index contributed by atoms with van der Waals surface area (Å²) in [6, 6.07) is 4.48. The highest BCUT2D eigenvalue weighted by Gasteiger charge is 2.33. The maximum atomic E-state index is 14.7. The molecule has 1 atom stereocenters. The van der Waals surface area contributed by atoms with Crippen LogP contribution in [-0.2, 0) is 17.8 Å². The number of carbonyl (C=O) groups is 2. The Labute approximate surface area is 169 Å². The molecule has 2 amide bonds. The summed E-state index contributed by atoms with van der Waals surface area (Å²) in [5.41, 5.74) is 0.695. The number of cyclic esters (lactones) is 1. The number of benzene rings is 1. The fourth-order valence-electron chi connectivity index (χ4n) is 2.90. The predicted octanol–water partition coefficient (Wildman–Crippen LogP) is 1.94. The summed E-state index contributed by atoms with van der Waals surface area (Å²) in [6.07, 6.45) is 3.81. The zero-order chi connectivity index (χ0) is 20.4. The highest BCUT2D eigenvalue weighted by molar-refractivity contribution is 7.15. The molecule has 3 heterocycles. The van der Waals surface area contributed by atoms with Crippen LogP contribution in [0.5, 0.6) is 0 Å². The van der Waals surface area contributed by atoms with Gasteiger partial charge in [0, 0.05) is 22.8 Å². The first-order valence-corrected chi connectivity index (χ1v) is 9.41. The van der Waals surface area contributed by atoms with Crippen LogP contribution in [0.3, 0.4) is 0 Å². The van der Waals surface area contributed by atoms with Crippen molar-refractivity contribution >= 4 is 36.8 Å². The summed E-state index contributed by atoms with van der Waals surface area (Å²) in [5, 5.41) is 10.5. The lowest BCUT2D eigenvalue weighted by Gasteiger charge is -2.14. The Bertz CT molecular complexity index is 1040. The lowest BCUT2D eigenvalue weighted by Crippen LogP contribution is -2.26. The minimum absolute atomic E-state index is 0.222. The van der Waals surface area contributed by atoms with Gasteiger partial charge in [0.2, 0.25) is 7.85 Å². The molecule has 0 bridgehead atoms. The van der Waals surface area contributed by atoms with E-state index in [1.54, 1.807) is 29.2 Å². The van der Waals surface area contributed by atoms with Crippen molar-refractivity contribution in [2.75, 3.05) is 11.4 Å². The molecular formula is C17H14BFN6O3S. The van der Waals surface area contributed by atoms with Gasteiger partial charge in [-0.2, -0.15) is 0 Å². The highest BCUT2D eigenvalue weighted by atomic mass is 32.1. The zero-order valence-electron chi connectivity index (χ0n) is 15.0. The topological polar surface area (TPSA) is 102 Å². The maximum Gasteiger partial charge on any atom is 0.414 e. The summed E-state index contributed by atoms with van der Waals surface area (Å²) >= 11 is 1.24. The molecule has 0 unspecified atom stereocenters. The third-order valence-corrected chi connectivity index (χ3v) is 5.25. The number of nitrogens with zero attached hydrogens (tertiary/aromatic N) is 5. The number of hydrogen-bond donors (Lipinski definition) is 1. The molecule has 3 aromatic rings. The van der Waals surface area contributed by atoms with Gasteiger partial charge in [-0.3, -0.25) is 9.69 Å². The van der Waals surface area contributed by atoms with Crippen LogP contribution >= 0.6 is 11.3 Å². The Kier molecular flexibility index (Phi) is 5.25. The summed E-state index contributed by atoms with van der Waals surface area (Å²) < 4.78 is 21.6. The van der Waals surface area contributed by atoms with E-state index in [1.165, 1.54) is 28.5 Å². The fourth-order valence-corrected chi connectivity index (χ4v) is 3.78. The van der Waals surface area contributed by atoms with Gasteiger partial charge < -0.3 is 10.1 Å². The Morgan fingerprint density at radius 2 is 2.31 bits per heavy atom. The van der Waals surface area contributed by atoms with Gasteiger partial charge in [-0.05, 0) is 18.2 Å². The molecule has 1 aliphatic rings. The van der Waals surface area contributed by atoms with Crippen molar-refractivity contribution in [1.82, 2.24) is 25.3 Å². The smallest absolute Gasteiger partial charge is 0.414 e. The van der Waals surface area contributed by atoms with Gasteiger partial charge >= 0.3 is 6.09 Å². The van der Waals surface area contributed by atoms with Crippen molar-refractivity contribution in [3.8, 4) is 10.6 Å². The lowest BCUT2D eigenvalue weighted by molar-refractivity contribution is 0.129. The van der Waals surface area contributed by atoms with E-state index >= 15 is 0 Å². The number of anilines is 1. The van der Waals surface area contributed by atoms with Crippen molar-refractivity contribution in [1.29, 1.82) is 0 Å². The van der Waals surface area contributed by atoms with Crippen LogP contribution in [0.4, 0.5) is 19.7 Å². The minimum Gasteiger partial charge on any atom is -0.442 e. The molecule has 0 spiro atoms. The molecule has 29 heavy (non-hydrogen) atoms. The number of hydrogen-bond acceptors (Lipinski definition) is 7. The summed E-state index contributed by atoms with van der Waals surface area (Å²) in [4.78, 5) is 29.3. The Morgan fingerprint density at radius 3 is 3.03 bits per heavy atom. The van der Waals surface area contributed by atoms with Gasteiger partial charge in [0.1, 0.15) is 16.9 Å². The molecule has 2 aromatic heterocycles. The quantitative estimate of drug-likeness (QED) is 0.621. The zero-order valence-corrected chi connectivity index (χ0v) is 15.8. The second kappa shape index (κ2) is 7.99. The van der Waals surface area contributed by atoms with Crippen molar-refractivity contribution in [3.05, 3.63) is 47.5 Å². The van der Waals surface area contributed by atoms with Crippen LogP contribution < -0.4 is 10.2 Å². The van der Waals surface area contributed by atoms with Crippen LogP contribution in [0.15, 0.2) is 36.8 Å². The number of ether oxygens (including phenoxy) is 1. The molecule has 146 valence electrons. The number of rotatable bonds is 6. The number of halogens is 1. The minimum atomic E-state index is -0.643. The van der Waals surface area contributed by atoms with E-state index < -0.39 is 23.8 Å².